The van der Waals surface area contributed by atoms with Gasteiger partial charge < -0.3 is 1.43 Å². The third-order valence-corrected chi connectivity index (χ3v) is 6.95. The largest absolute Gasteiger partial charge is 1.00 e. The summed E-state index contributed by atoms with van der Waals surface area (Å²) in [5.74, 6) is 0. The van der Waals surface area contributed by atoms with Crippen molar-refractivity contribution < 1.29 is 32.7 Å². The van der Waals surface area contributed by atoms with E-state index in [0.717, 1.165) is 10.6 Å². The predicted molar refractivity (Wildman–Crippen MR) is 94.9 cm³/mol. The minimum Gasteiger partial charge on any atom is -1.00 e. The molecule has 0 aromatic heterocycles. The summed E-state index contributed by atoms with van der Waals surface area (Å²) < 4.78 is 30.8. The summed E-state index contributed by atoms with van der Waals surface area (Å²) in [5.41, 5.74) is 0. The molecule has 0 fully saturated rings. The van der Waals surface area contributed by atoms with Crippen molar-refractivity contribution in [1.29, 1.82) is 0 Å². The van der Waals surface area contributed by atoms with Gasteiger partial charge in [0.15, 0.2) is 0 Å². The predicted octanol–water partition coefficient (Wildman–Crippen LogP) is 0.556. The van der Waals surface area contributed by atoms with Crippen LogP contribution in [0.4, 0.5) is 0 Å². The topological polar surface area (TPSA) is 43.4 Å². The molecule has 3 aromatic carbocycles. The Morgan fingerprint density at radius 1 is 0.667 bits per heavy atom. The first kappa shape index (κ1) is 18.9. The second-order valence-corrected chi connectivity index (χ2v) is 8.40. The SMILES string of the molecule is O=S(=O)(OP(c1ccccc1)c1ccccc1)c1ccccc1.[H-].[Li+]. The number of benzene rings is 3. The Morgan fingerprint density at radius 3 is 1.46 bits per heavy atom. The van der Waals surface area contributed by atoms with Crippen molar-refractivity contribution in [3.8, 4) is 0 Å². The molecule has 0 bridgehead atoms. The van der Waals surface area contributed by atoms with Gasteiger partial charge in [0, 0.05) is 10.6 Å². The second kappa shape index (κ2) is 8.62. The van der Waals surface area contributed by atoms with Crippen molar-refractivity contribution in [2.75, 3.05) is 0 Å². The molecule has 0 aliphatic carbocycles. The van der Waals surface area contributed by atoms with E-state index in [-0.39, 0.29) is 25.2 Å². The first-order valence-electron chi connectivity index (χ1n) is 7.07. The molecule has 0 aliphatic heterocycles. The normalized spacial score (nSPS) is 11.0. The zero-order valence-corrected chi connectivity index (χ0v) is 15.0. The van der Waals surface area contributed by atoms with E-state index in [2.05, 4.69) is 0 Å². The van der Waals surface area contributed by atoms with Gasteiger partial charge in [0.05, 0.1) is 4.90 Å². The summed E-state index contributed by atoms with van der Waals surface area (Å²) in [6.45, 7) is 0. The van der Waals surface area contributed by atoms with Gasteiger partial charge in [0.1, 0.15) is 8.15 Å². The van der Waals surface area contributed by atoms with Gasteiger partial charge in [-0.05, 0) is 12.1 Å². The Morgan fingerprint density at radius 2 is 1.04 bits per heavy atom. The first-order valence-corrected chi connectivity index (χ1v) is 9.73. The van der Waals surface area contributed by atoms with Crippen molar-refractivity contribution >= 4 is 28.9 Å². The van der Waals surface area contributed by atoms with Crippen LogP contribution in [0.1, 0.15) is 1.43 Å². The van der Waals surface area contributed by atoms with Crippen molar-refractivity contribution in [2.24, 2.45) is 0 Å². The first-order chi connectivity index (χ1) is 11.2. The van der Waals surface area contributed by atoms with E-state index < -0.39 is 18.3 Å². The third-order valence-electron chi connectivity index (χ3n) is 3.19. The molecule has 0 unspecified atom stereocenters. The third kappa shape index (κ3) is 4.57. The van der Waals surface area contributed by atoms with Gasteiger partial charge in [-0.25, -0.2) is 3.97 Å². The Balaban J connectivity index is 0.00000156. The van der Waals surface area contributed by atoms with Crippen LogP contribution in [0, 0.1) is 0 Å². The molecule has 118 valence electrons. The van der Waals surface area contributed by atoms with Crippen LogP contribution in [-0.4, -0.2) is 8.42 Å². The van der Waals surface area contributed by atoms with Crippen molar-refractivity contribution in [1.82, 2.24) is 0 Å². The smallest absolute Gasteiger partial charge is 1.00 e. The zero-order valence-electron chi connectivity index (χ0n) is 14.2. The van der Waals surface area contributed by atoms with Crippen LogP contribution in [0.3, 0.4) is 0 Å². The monoisotopic (exact) mass is 350 g/mol. The number of hydrogen-bond donors (Lipinski definition) is 0. The summed E-state index contributed by atoms with van der Waals surface area (Å²) in [5, 5.41) is 1.71. The maximum Gasteiger partial charge on any atom is 1.00 e. The van der Waals surface area contributed by atoms with Crippen LogP contribution in [0.5, 0.6) is 0 Å². The fourth-order valence-corrected chi connectivity index (χ4v) is 5.58. The average molecular weight is 350 g/mol. The van der Waals surface area contributed by atoms with Crippen LogP contribution in [0.2, 0.25) is 0 Å². The summed E-state index contributed by atoms with van der Waals surface area (Å²) in [7, 11) is -5.28. The van der Waals surface area contributed by atoms with Crippen molar-refractivity contribution in [3.05, 3.63) is 91.0 Å². The fraction of sp³-hybridized carbons (Fsp3) is 0. The van der Waals surface area contributed by atoms with Gasteiger partial charge in [-0.3, -0.25) is 0 Å². The zero-order chi connectivity index (χ0) is 16.1. The molecule has 3 rings (SSSR count). The average Bonchev–Trinajstić information content (AvgIpc) is 2.62. The second-order valence-electron chi connectivity index (χ2n) is 4.81. The molecule has 0 amide bonds. The van der Waals surface area contributed by atoms with E-state index in [4.69, 9.17) is 3.97 Å². The van der Waals surface area contributed by atoms with E-state index in [9.17, 15) is 8.42 Å². The van der Waals surface area contributed by atoms with Gasteiger partial charge >= 0.3 is 29.0 Å². The Hall–Kier alpha value is -1.40. The number of rotatable bonds is 5. The standard InChI is InChI=1S/C18H15O3PS.Li.H/c19-23(20,18-14-8-3-9-15-18)21-22(16-10-4-1-5-11-16)17-12-6-2-7-13-17;;/h1-15H;;/q;+1;-1. The van der Waals surface area contributed by atoms with Crippen LogP contribution >= 0.6 is 8.15 Å². The molecular weight excluding hydrogens is 334 g/mol. The maximum absolute atomic E-state index is 12.6. The summed E-state index contributed by atoms with van der Waals surface area (Å²) >= 11 is 0. The van der Waals surface area contributed by atoms with Crippen molar-refractivity contribution in [2.45, 2.75) is 4.90 Å². The minimum absolute atomic E-state index is 0. The molecule has 0 aliphatic rings. The molecule has 0 radical (unpaired) electrons. The molecule has 3 nitrogen and oxygen atoms in total. The van der Waals surface area contributed by atoms with Crippen LogP contribution in [-0.2, 0) is 14.1 Å². The van der Waals surface area contributed by atoms with E-state index in [1.807, 2.05) is 60.7 Å². The van der Waals surface area contributed by atoms with Gasteiger partial charge in [-0.1, -0.05) is 78.9 Å². The van der Waals surface area contributed by atoms with E-state index in [1.54, 1.807) is 30.3 Å². The van der Waals surface area contributed by atoms with Crippen LogP contribution in [0.15, 0.2) is 95.9 Å². The van der Waals surface area contributed by atoms with E-state index in [0.29, 0.717) is 0 Å². The number of hydrogen-bond acceptors (Lipinski definition) is 3. The molecule has 0 N–H and O–H groups in total. The van der Waals surface area contributed by atoms with E-state index in [1.165, 1.54) is 0 Å². The molecule has 0 saturated carbocycles. The van der Waals surface area contributed by atoms with Gasteiger partial charge in [0.2, 0.25) is 0 Å². The summed E-state index contributed by atoms with van der Waals surface area (Å²) in [6, 6.07) is 27.1. The Labute approximate surface area is 157 Å². The quantitative estimate of drug-likeness (QED) is 0.499. The Kier molecular flexibility index (Phi) is 6.80. The molecule has 0 heterocycles. The van der Waals surface area contributed by atoms with Crippen LogP contribution in [0.25, 0.3) is 0 Å². The summed E-state index contributed by atoms with van der Waals surface area (Å²) in [6.07, 6.45) is 0. The van der Waals surface area contributed by atoms with Crippen LogP contribution < -0.4 is 29.5 Å². The van der Waals surface area contributed by atoms with E-state index >= 15 is 0 Å². The minimum atomic E-state index is -3.83. The molecular formula is C18H16LiO3PS. The molecule has 0 atom stereocenters. The molecule has 6 heteroatoms. The molecule has 0 spiro atoms. The molecule has 24 heavy (non-hydrogen) atoms. The molecule has 3 aromatic rings. The van der Waals surface area contributed by atoms with Gasteiger partial charge in [-0.15, -0.1) is 0 Å². The van der Waals surface area contributed by atoms with Crippen molar-refractivity contribution in [3.63, 3.8) is 0 Å². The summed E-state index contributed by atoms with van der Waals surface area (Å²) in [4.78, 5) is 0.166. The van der Waals surface area contributed by atoms with Gasteiger partial charge in [-0.2, -0.15) is 8.42 Å². The Bertz CT molecular complexity index is 823. The molecule has 0 saturated heterocycles. The maximum atomic E-state index is 12.6. The fourth-order valence-electron chi connectivity index (χ4n) is 2.09. The van der Waals surface area contributed by atoms with Gasteiger partial charge in [0.25, 0.3) is 0 Å².